The van der Waals surface area contributed by atoms with Crippen LogP contribution in [0.5, 0.6) is 0 Å². The van der Waals surface area contributed by atoms with Crippen LogP contribution < -0.4 is 0 Å². The van der Waals surface area contributed by atoms with Crippen LogP contribution in [0.15, 0.2) is 116 Å². The van der Waals surface area contributed by atoms with Crippen LogP contribution in [0.25, 0.3) is 27.7 Å². The molecule has 0 spiro atoms. The summed E-state index contributed by atoms with van der Waals surface area (Å²) in [4.78, 5) is 0. The van der Waals surface area contributed by atoms with Crippen LogP contribution in [0.1, 0.15) is 11.1 Å². The second kappa shape index (κ2) is 18.4. The summed E-state index contributed by atoms with van der Waals surface area (Å²) >= 11 is 0. The molecule has 0 unspecified atom stereocenters. The zero-order chi connectivity index (χ0) is 19.5. The van der Waals surface area contributed by atoms with Crippen LogP contribution in [-0.4, -0.2) is 18.0 Å². The van der Waals surface area contributed by atoms with Crippen molar-refractivity contribution in [2.45, 2.75) is 0 Å². The molecular formula is C28H31NSiTi. The largest absolute Gasteiger partial charge is 4.00 e. The second-order valence-electron chi connectivity index (χ2n) is 5.84. The van der Waals surface area contributed by atoms with Crippen molar-refractivity contribution in [2.24, 2.45) is 0 Å². The summed E-state index contributed by atoms with van der Waals surface area (Å²) < 4.78 is 0. The standard InChI is InChI=1S/C16H14.C9H7.CH4N.2CH3.Si.Ti/c1-13(15-9-5-3-6-10-15)14(2)16-11-7-4-8-12-16;1-2-5-9-7-3-6-8(9)4-1;1-2;;;;/h3-12H,1-2H2;1-7H;2H,1H3;2*1H3;;/q;4*-1;;+4. The van der Waals surface area contributed by atoms with Gasteiger partial charge in [-0.15, -0.1) is 29.7 Å². The molecule has 0 aliphatic rings. The molecule has 0 saturated heterocycles. The van der Waals surface area contributed by atoms with Gasteiger partial charge in [-0.1, -0.05) is 79.9 Å². The van der Waals surface area contributed by atoms with Crippen molar-refractivity contribution >= 4 is 32.9 Å². The minimum absolute atomic E-state index is 0. The number of fused-ring (bicyclic) bond motifs is 1. The van der Waals surface area contributed by atoms with Gasteiger partial charge in [-0.05, 0) is 22.3 Å². The van der Waals surface area contributed by atoms with Crippen molar-refractivity contribution < 1.29 is 21.7 Å². The molecule has 4 radical (unpaired) electrons. The van der Waals surface area contributed by atoms with Gasteiger partial charge in [-0.25, -0.2) is 0 Å². The Balaban J connectivity index is -0.000000454. The summed E-state index contributed by atoms with van der Waals surface area (Å²) in [5.41, 5.74) is 9.95. The SMILES string of the molecule is C=C(C(=C)c1ccccc1)c1ccccc1.C[NH-].[CH3-].[CH3-].[Si].[Ti+4].c1ccc2[cH-]ccc2c1. The molecule has 1 nitrogen and oxygen atoms in total. The van der Waals surface area contributed by atoms with Gasteiger partial charge in [0.05, 0.1) is 0 Å². The second-order valence-corrected chi connectivity index (χ2v) is 5.84. The Bertz CT molecular complexity index is 896. The summed E-state index contributed by atoms with van der Waals surface area (Å²) in [6.07, 6.45) is 0. The maximum atomic E-state index is 5.75. The summed E-state index contributed by atoms with van der Waals surface area (Å²) in [5, 5.41) is 2.66. The Labute approximate surface area is 209 Å². The van der Waals surface area contributed by atoms with E-state index in [1.54, 1.807) is 0 Å². The van der Waals surface area contributed by atoms with Crippen LogP contribution in [0.2, 0.25) is 0 Å². The van der Waals surface area contributed by atoms with E-state index in [4.69, 9.17) is 5.73 Å². The van der Waals surface area contributed by atoms with Crippen LogP contribution in [0.4, 0.5) is 0 Å². The van der Waals surface area contributed by atoms with Gasteiger partial charge in [0.15, 0.2) is 0 Å². The van der Waals surface area contributed by atoms with Gasteiger partial charge in [0.25, 0.3) is 0 Å². The van der Waals surface area contributed by atoms with Crippen LogP contribution >= 0.6 is 0 Å². The van der Waals surface area contributed by atoms with Crippen molar-refractivity contribution in [3.8, 4) is 0 Å². The first-order valence-electron chi connectivity index (χ1n) is 8.85. The minimum atomic E-state index is 0. The molecule has 0 aliphatic heterocycles. The quantitative estimate of drug-likeness (QED) is 0.168. The molecule has 0 bridgehead atoms. The smallest absolute Gasteiger partial charge is 0.680 e. The Morgan fingerprint density at radius 3 is 1.45 bits per heavy atom. The molecule has 0 aromatic heterocycles. The van der Waals surface area contributed by atoms with Gasteiger partial charge in [0, 0.05) is 11.0 Å². The first kappa shape index (κ1) is 33.3. The Hall–Kier alpha value is -2.36. The molecule has 4 rings (SSSR count). The monoisotopic (exact) mass is 457 g/mol. The molecule has 0 atom stereocenters. The third kappa shape index (κ3) is 9.99. The van der Waals surface area contributed by atoms with E-state index in [0.29, 0.717) is 0 Å². The van der Waals surface area contributed by atoms with Gasteiger partial charge >= 0.3 is 21.7 Å². The number of hydrogen-bond donors (Lipinski definition) is 0. The fourth-order valence-electron chi connectivity index (χ4n) is 2.70. The molecule has 0 aliphatic carbocycles. The van der Waals surface area contributed by atoms with E-state index in [9.17, 15) is 0 Å². The molecule has 0 fully saturated rings. The van der Waals surface area contributed by atoms with E-state index in [2.05, 4.69) is 79.9 Å². The predicted octanol–water partition coefficient (Wildman–Crippen LogP) is 8.16. The summed E-state index contributed by atoms with van der Waals surface area (Å²) in [7, 11) is 1.25. The van der Waals surface area contributed by atoms with Crippen molar-refractivity contribution in [3.05, 3.63) is 148 Å². The molecule has 0 amide bonds. The van der Waals surface area contributed by atoms with Gasteiger partial charge in [-0.3, -0.25) is 0 Å². The number of nitrogens with one attached hydrogen (secondary N) is 1. The van der Waals surface area contributed by atoms with E-state index in [-0.39, 0.29) is 47.5 Å². The third-order valence-electron chi connectivity index (χ3n) is 4.16. The molecule has 0 saturated carbocycles. The molecule has 156 valence electrons. The van der Waals surface area contributed by atoms with Crippen LogP contribution in [0, 0.1) is 14.9 Å². The fraction of sp³-hybridized carbons (Fsp3) is 0.0357. The number of benzene rings is 3. The van der Waals surface area contributed by atoms with Gasteiger partial charge in [-0.2, -0.15) is 24.6 Å². The number of allylic oxidation sites excluding steroid dienone is 2. The molecular weight excluding hydrogens is 426 g/mol. The van der Waals surface area contributed by atoms with E-state index >= 15 is 0 Å². The Morgan fingerprint density at radius 1 is 0.645 bits per heavy atom. The fourth-order valence-corrected chi connectivity index (χ4v) is 2.70. The Morgan fingerprint density at radius 2 is 1.03 bits per heavy atom. The number of rotatable bonds is 3. The predicted molar refractivity (Wildman–Crippen MR) is 139 cm³/mol. The normalized spacial score (nSPS) is 8.19. The first-order chi connectivity index (χ1) is 13.3. The van der Waals surface area contributed by atoms with E-state index < -0.39 is 0 Å². The third-order valence-corrected chi connectivity index (χ3v) is 4.16. The molecule has 3 heteroatoms. The zero-order valence-corrected chi connectivity index (χ0v) is 21.3. The van der Waals surface area contributed by atoms with Crippen molar-refractivity contribution in [1.82, 2.24) is 0 Å². The summed E-state index contributed by atoms with van der Waals surface area (Å²) in [5.74, 6) is 0. The van der Waals surface area contributed by atoms with E-state index in [1.165, 1.54) is 17.8 Å². The molecule has 1 N–H and O–H groups in total. The van der Waals surface area contributed by atoms with Crippen molar-refractivity contribution in [2.75, 3.05) is 7.05 Å². The number of hydrogen-bond acceptors (Lipinski definition) is 0. The van der Waals surface area contributed by atoms with Crippen molar-refractivity contribution in [1.29, 1.82) is 0 Å². The molecule has 4 aromatic rings. The van der Waals surface area contributed by atoms with Gasteiger partial charge in [0.1, 0.15) is 0 Å². The molecule has 0 heterocycles. The Kier molecular flexibility index (Phi) is 19.8. The molecule has 4 aromatic carbocycles. The van der Waals surface area contributed by atoms with Crippen LogP contribution in [-0.2, 0) is 21.7 Å². The van der Waals surface area contributed by atoms with Gasteiger partial charge in [0.2, 0.25) is 0 Å². The van der Waals surface area contributed by atoms with E-state index in [0.717, 1.165) is 22.3 Å². The topological polar surface area (TPSA) is 23.8 Å². The van der Waals surface area contributed by atoms with E-state index in [1.807, 2.05) is 36.4 Å². The minimum Gasteiger partial charge on any atom is -0.680 e. The summed E-state index contributed by atoms with van der Waals surface area (Å²) in [6, 6.07) is 34.9. The molecule has 31 heavy (non-hydrogen) atoms. The maximum absolute atomic E-state index is 5.75. The average molecular weight is 458 g/mol. The van der Waals surface area contributed by atoms with Crippen LogP contribution in [0.3, 0.4) is 0 Å². The van der Waals surface area contributed by atoms with Gasteiger partial charge < -0.3 is 20.6 Å². The van der Waals surface area contributed by atoms with Crippen molar-refractivity contribution in [3.63, 3.8) is 0 Å². The summed E-state index contributed by atoms with van der Waals surface area (Å²) in [6.45, 7) is 8.20. The maximum Gasteiger partial charge on any atom is 4.00 e. The first-order valence-corrected chi connectivity index (χ1v) is 8.85. The zero-order valence-electron chi connectivity index (χ0n) is 18.7. The average Bonchev–Trinajstić information content (AvgIpc) is 3.25.